The molecule has 1 aliphatic heterocycles. The minimum Gasteiger partial charge on any atom is -0.375 e. The third-order valence-corrected chi connectivity index (χ3v) is 4.62. The van der Waals surface area contributed by atoms with Gasteiger partial charge in [0, 0.05) is 13.1 Å². The second-order valence-electron chi connectivity index (χ2n) is 5.06. The zero-order valence-corrected chi connectivity index (χ0v) is 12.7. The van der Waals surface area contributed by atoms with E-state index in [1.807, 2.05) is 30.0 Å². The van der Waals surface area contributed by atoms with Crippen molar-refractivity contribution in [2.75, 3.05) is 18.8 Å². The first-order valence-electron chi connectivity index (χ1n) is 6.92. The molecule has 1 amide bonds. The van der Waals surface area contributed by atoms with E-state index in [2.05, 4.69) is 23.2 Å². The minimum atomic E-state index is 0.0325. The van der Waals surface area contributed by atoms with Crippen molar-refractivity contribution in [2.24, 2.45) is 0 Å². The lowest BCUT2D eigenvalue weighted by Gasteiger charge is -2.26. The summed E-state index contributed by atoms with van der Waals surface area (Å²) in [7, 11) is 0. The van der Waals surface area contributed by atoms with Gasteiger partial charge in [-0.3, -0.25) is 4.79 Å². The number of nitrogens with zero attached hydrogens (tertiary/aromatic N) is 2. The molecule has 1 aromatic heterocycles. The molecule has 0 unspecified atom stereocenters. The van der Waals surface area contributed by atoms with Crippen LogP contribution in [0.3, 0.4) is 0 Å². The lowest BCUT2D eigenvalue weighted by Crippen LogP contribution is -2.34. The third-order valence-electron chi connectivity index (χ3n) is 3.65. The number of nitrogens with two attached hydrogens (primary N) is 1. The van der Waals surface area contributed by atoms with Crippen molar-refractivity contribution < 1.29 is 4.79 Å². The number of aryl methyl sites for hydroxylation is 1. The van der Waals surface area contributed by atoms with Crippen LogP contribution in [0.2, 0.25) is 0 Å². The zero-order chi connectivity index (χ0) is 14.8. The second kappa shape index (κ2) is 5.69. The molecule has 0 spiro atoms. The highest BCUT2D eigenvalue weighted by Gasteiger charge is 2.22. The highest BCUT2D eigenvalue weighted by molar-refractivity contribution is 7.17. The van der Waals surface area contributed by atoms with E-state index in [0.717, 1.165) is 18.7 Å². The Kier molecular flexibility index (Phi) is 3.75. The fraction of sp³-hybridized carbons (Fsp3) is 0.250. The first kappa shape index (κ1) is 13.8. The van der Waals surface area contributed by atoms with Gasteiger partial charge in [0.25, 0.3) is 5.91 Å². The van der Waals surface area contributed by atoms with Crippen LogP contribution in [-0.2, 0) is 0 Å². The fourth-order valence-corrected chi connectivity index (χ4v) is 3.33. The molecule has 0 saturated heterocycles. The van der Waals surface area contributed by atoms with Crippen molar-refractivity contribution in [3.63, 3.8) is 0 Å². The highest BCUT2D eigenvalue weighted by Crippen LogP contribution is 2.26. The van der Waals surface area contributed by atoms with Crippen LogP contribution < -0.4 is 5.73 Å². The van der Waals surface area contributed by atoms with Gasteiger partial charge in [0.1, 0.15) is 4.88 Å². The summed E-state index contributed by atoms with van der Waals surface area (Å²) >= 11 is 1.27. The van der Waals surface area contributed by atoms with Crippen molar-refractivity contribution >= 4 is 27.9 Å². The molecule has 2 heterocycles. The summed E-state index contributed by atoms with van der Waals surface area (Å²) in [6, 6.07) is 10.3. The summed E-state index contributed by atoms with van der Waals surface area (Å²) in [5.74, 6) is 0.0325. The van der Waals surface area contributed by atoms with E-state index < -0.39 is 0 Å². The first-order valence-corrected chi connectivity index (χ1v) is 7.73. The minimum absolute atomic E-state index is 0.0325. The van der Waals surface area contributed by atoms with Crippen LogP contribution in [0, 0.1) is 6.92 Å². The molecular weight excluding hydrogens is 282 g/mol. The number of rotatable bonds is 2. The van der Waals surface area contributed by atoms with Gasteiger partial charge in [0.05, 0.1) is 5.69 Å². The molecule has 4 nitrogen and oxygen atoms in total. The Labute approximate surface area is 127 Å². The molecule has 0 atom stereocenters. The van der Waals surface area contributed by atoms with Crippen molar-refractivity contribution in [2.45, 2.75) is 13.3 Å². The summed E-state index contributed by atoms with van der Waals surface area (Å²) in [6.45, 7) is 3.20. The predicted molar refractivity (Wildman–Crippen MR) is 86.2 cm³/mol. The number of nitrogen functional groups attached to an aromatic ring is 1. The predicted octanol–water partition coefficient (Wildman–Crippen LogP) is 2.96. The number of hydrogen-bond donors (Lipinski definition) is 1. The lowest BCUT2D eigenvalue weighted by molar-refractivity contribution is 0.0777. The molecule has 21 heavy (non-hydrogen) atoms. The molecule has 0 radical (unpaired) electrons. The smallest absolute Gasteiger partial charge is 0.266 e. The molecule has 108 valence electrons. The van der Waals surface area contributed by atoms with Crippen molar-refractivity contribution in [3.05, 3.63) is 52.5 Å². The van der Waals surface area contributed by atoms with Gasteiger partial charge >= 0.3 is 0 Å². The topological polar surface area (TPSA) is 59.2 Å². The second-order valence-corrected chi connectivity index (χ2v) is 6.09. The van der Waals surface area contributed by atoms with Gasteiger partial charge in [-0.05, 0) is 24.5 Å². The summed E-state index contributed by atoms with van der Waals surface area (Å²) in [6.07, 6.45) is 3.01. The SMILES string of the molecule is Cc1nc(N)sc1C(=O)N1CC=C(c2ccccc2)CC1. The number of thiazole rings is 1. The van der Waals surface area contributed by atoms with Gasteiger partial charge in [-0.25, -0.2) is 4.98 Å². The molecule has 2 N–H and O–H groups in total. The van der Waals surface area contributed by atoms with Crippen molar-refractivity contribution in [1.29, 1.82) is 0 Å². The monoisotopic (exact) mass is 299 g/mol. The van der Waals surface area contributed by atoms with Crippen LogP contribution in [0.5, 0.6) is 0 Å². The Morgan fingerprint density at radius 2 is 2.10 bits per heavy atom. The Morgan fingerprint density at radius 1 is 1.33 bits per heavy atom. The molecule has 0 aliphatic carbocycles. The van der Waals surface area contributed by atoms with E-state index in [1.54, 1.807) is 0 Å². The largest absolute Gasteiger partial charge is 0.375 e. The maximum atomic E-state index is 12.5. The van der Waals surface area contributed by atoms with Crippen molar-refractivity contribution in [1.82, 2.24) is 9.88 Å². The molecule has 2 aromatic rings. The van der Waals surface area contributed by atoms with Gasteiger partial charge < -0.3 is 10.6 Å². The van der Waals surface area contributed by atoms with E-state index in [0.29, 0.717) is 16.6 Å². The Morgan fingerprint density at radius 3 is 2.67 bits per heavy atom. The Hall–Kier alpha value is -2.14. The number of carbonyl (C=O) groups is 1. The highest BCUT2D eigenvalue weighted by atomic mass is 32.1. The van der Waals surface area contributed by atoms with Gasteiger partial charge in [-0.2, -0.15) is 0 Å². The molecular formula is C16H17N3OS. The van der Waals surface area contributed by atoms with Crippen LogP contribution in [0.15, 0.2) is 36.4 Å². The number of aromatic nitrogens is 1. The quantitative estimate of drug-likeness (QED) is 0.927. The van der Waals surface area contributed by atoms with Crippen LogP contribution in [0.25, 0.3) is 5.57 Å². The average Bonchev–Trinajstić information content (AvgIpc) is 2.86. The lowest BCUT2D eigenvalue weighted by atomic mass is 9.99. The summed E-state index contributed by atoms with van der Waals surface area (Å²) in [5.41, 5.74) is 8.94. The number of benzene rings is 1. The van der Waals surface area contributed by atoms with Gasteiger partial charge in [0.2, 0.25) is 0 Å². The Balaban J connectivity index is 1.75. The van der Waals surface area contributed by atoms with E-state index in [4.69, 9.17) is 5.73 Å². The number of anilines is 1. The van der Waals surface area contributed by atoms with E-state index in [9.17, 15) is 4.79 Å². The summed E-state index contributed by atoms with van der Waals surface area (Å²) < 4.78 is 0. The number of carbonyl (C=O) groups excluding carboxylic acids is 1. The first-order chi connectivity index (χ1) is 10.1. The van der Waals surface area contributed by atoms with Gasteiger partial charge in [0.15, 0.2) is 5.13 Å². The average molecular weight is 299 g/mol. The van der Waals surface area contributed by atoms with Gasteiger partial charge in [-0.1, -0.05) is 47.7 Å². The molecule has 1 aromatic carbocycles. The molecule has 3 rings (SSSR count). The maximum Gasteiger partial charge on any atom is 0.266 e. The van der Waals surface area contributed by atoms with Crippen LogP contribution in [0.1, 0.15) is 27.3 Å². The molecule has 1 aliphatic rings. The van der Waals surface area contributed by atoms with E-state index in [1.165, 1.54) is 22.5 Å². The molecule has 0 bridgehead atoms. The van der Waals surface area contributed by atoms with E-state index >= 15 is 0 Å². The standard InChI is InChI=1S/C16H17N3OS/c1-11-14(21-16(17)18-11)15(20)19-9-7-13(8-10-19)12-5-3-2-4-6-12/h2-7H,8-10H2,1H3,(H2,17,18). The Bertz CT molecular complexity index is 691. The number of hydrogen-bond acceptors (Lipinski definition) is 4. The maximum absolute atomic E-state index is 12.5. The van der Waals surface area contributed by atoms with Crippen LogP contribution >= 0.6 is 11.3 Å². The molecule has 0 fully saturated rings. The third kappa shape index (κ3) is 2.83. The van der Waals surface area contributed by atoms with Crippen LogP contribution in [-0.4, -0.2) is 28.9 Å². The van der Waals surface area contributed by atoms with E-state index in [-0.39, 0.29) is 5.91 Å². The van der Waals surface area contributed by atoms with Gasteiger partial charge in [-0.15, -0.1) is 0 Å². The van der Waals surface area contributed by atoms with Crippen molar-refractivity contribution in [3.8, 4) is 0 Å². The molecule has 0 saturated carbocycles. The summed E-state index contributed by atoms with van der Waals surface area (Å²) in [5, 5.41) is 0.452. The van der Waals surface area contributed by atoms with Crippen LogP contribution in [0.4, 0.5) is 5.13 Å². The molecule has 5 heteroatoms. The zero-order valence-electron chi connectivity index (χ0n) is 11.9. The fourth-order valence-electron chi connectivity index (χ4n) is 2.53. The number of amides is 1. The summed E-state index contributed by atoms with van der Waals surface area (Å²) in [4.78, 5) is 19.1. The normalized spacial score (nSPS) is 14.9.